The Kier molecular flexibility index (Phi) is 8.60. The number of aryl methyl sites for hydroxylation is 2. The number of carbonyl (C=O) groups is 2. The van der Waals surface area contributed by atoms with Crippen molar-refractivity contribution in [3.8, 4) is 11.5 Å². The molecular formula is C29H27IN2O4S. The van der Waals surface area contributed by atoms with Gasteiger partial charge in [0.1, 0.15) is 12.2 Å². The molecule has 0 aliphatic carbocycles. The number of hydrogen-bond donors (Lipinski definition) is 1. The van der Waals surface area contributed by atoms with E-state index in [1.807, 2.05) is 62.4 Å². The van der Waals surface area contributed by atoms with Crippen LogP contribution in [0.1, 0.15) is 36.1 Å². The Morgan fingerprint density at radius 2 is 1.76 bits per heavy atom. The lowest BCUT2D eigenvalue weighted by Crippen LogP contribution is -2.54. The van der Waals surface area contributed by atoms with E-state index >= 15 is 0 Å². The summed E-state index contributed by atoms with van der Waals surface area (Å²) in [6.45, 7) is 6.82. The minimum Gasteiger partial charge on any atom is -0.490 e. The third-order valence-electron chi connectivity index (χ3n) is 5.81. The number of ether oxygens (including phenoxy) is 2. The number of amides is 2. The molecule has 0 radical (unpaired) electrons. The summed E-state index contributed by atoms with van der Waals surface area (Å²) in [6, 6.07) is 19.3. The van der Waals surface area contributed by atoms with E-state index in [2.05, 4.69) is 40.9 Å². The molecule has 0 bridgehead atoms. The summed E-state index contributed by atoms with van der Waals surface area (Å²) in [7, 11) is 0. The molecular weight excluding hydrogens is 599 g/mol. The zero-order valence-electron chi connectivity index (χ0n) is 20.8. The Balaban J connectivity index is 1.65. The first kappa shape index (κ1) is 26.8. The van der Waals surface area contributed by atoms with Gasteiger partial charge in [-0.1, -0.05) is 48.9 Å². The number of benzene rings is 3. The molecule has 1 aliphatic rings. The zero-order chi connectivity index (χ0) is 26.5. The molecule has 1 heterocycles. The summed E-state index contributed by atoms with van der Waals surface area (Å²) >= 11 is 7.50. The number of anilines is 1. The average molecular weight is 627 g/mol. The smallest absolute Gasteiger partial charge is 0.270 e. The highest BCUT2D eigenvalue weighted by Crippen LogP contribution is 2.36. The fourth-order valence-corrected chi connectivity index (χ4v) is 5.03. The maximum Gasteiger partial charge on any atom is 0.270 e. The van der Waals surface area contributed by atoms with E-state index < -0.39 is 11.8 Å². The van der Waals surface area contributed by atoms with Crippen molar-refractivity contribution in [3.05, 3.63) is 92.1 Å². The Bertz CT molecular complexity index is 1390. The van der Waals surface area contributed by atoms with Crippen molar-refractivity contribution in [2.24, 2.45) is 0 Å². The van der Waals surface area contributed by atoms with Crippen LogP contribution in [0.4, 0.5) is 5.69 Å². The molecule has 0 aromatic heterocycles. The van der Waals surface area contributed by atoms with Crippen molar-refractivity contribution in [3.63, 3.8) is 0 Å². The van der Waals surface area contributed by atoms with Crippen molar-refractivity contribution >= 4 is 63.5 Å². The van der Waals surface area contributed by atoms with Gasteiger partial charge in [0.25, 0.3) is 11.8 Å². The van der Waals surface area contributed by atoms with Gasteiger partial charge < -0.3 is 9.47 Å². The van der Waals surface area contributed by atoms with Gasteiger partial charge in [-0.05, 0) is 102 Å². The van der Waals surface area contributed by atoms with Crippen LogP contribution in [0.5, 0.6) is 11.5 Å². The summed E-state index contributed by atoms with van der Waals surface area (Å²) in [5.74, 6) is 0.138. The van der Waals surface area contributed by atoms with Gasteiger partial charge >= 0.3 is 0 Å². The molecule has 0 unspecified atom stereocenters. The molecule has 0 saturated carbocycles. The van der Waals surface area contributed by atoms with E-state index in [1.54, 1.807) is 12.1 Å². The number of thiocarbonyl (C=S) groups is 1. The lowest BCUT2D eigenvalue weighted by atomic mass is 10.1. The standard InChI is InChI=1S/C29H27IN2O4S/c1-4-19-9-11-22(12-10-19)32-28(34)23(27(33)31-29(32)37)14-21-15-24(30)26(25(16-21)35-5-2)36-17-20-8-6-7-18(3)13-20/h6-16H,4-5,17H2,1-3H3,(H,31,33,37)/b23-14+. The van der Waals surface area contributed by atoms with Gasteiger partial charge in [0.05, 0.1) is 15.9 Å². The molecule has 0 atom stereocenters. The Morgan fingerprint density at radius 3 is 2.43 bits per heavy atom. The highest BCUT2D eigenvalue weighted by Gasteiger charge is 2.34. The number of carbonyl (C=O) groups excluding carboxylic acids is 2. The molecule has 4 rings (SSSR count). The molecule has 37 heavy (non-hydrogen) atoms. The Morgan fingerprint density at radius 1 is 1.00 bits per heavy atom. The van der Waals surface area contributed by atoms with Crippen molar-refractivity contribution in [1.29, 1.82) is 0 Å². The largest absolute Gasteiger partial charge is 0.490 e. The molecule has 2 amide bonds. The third kappa shape index (κ3) is 6.19. The van der Waals surface area contributed by atoms with Crippen LogP contribution in [0.25, 0.3) is 6.08 Å². The van der Waals surface area contributed by atoms with Gasteiger partial charge in [0.2, 0.25) is 0 Å². The molecule has 1 saturated heterocycles. The Hall–Kier alpha value is -3.24. The summed E-state index contributed by atoms with van der Waals surface area (Å²) < 4.78 is 12.8. The molecule has 6 nitrogen and oxygen atoms in total. The van der Waals surface area contributed by atoms with Crippen LogP contribution in [0.3, 0.4) is 0 Å². The first-order valence-corrected chi connectivity index (χ1v) is 13.4. The fraction of sp³-hybridized carbons (Fsp3) is 0.207. The Labute approximate surface area is 235 Å². The summed E-state index contributed by atoms with van der Waals surface area (Å²) in [6.07, 6.45) is 2.44. The first-order chi connectivity index (χ1) is 17.8. The molecule has 190 valence electrons. The van der Waals surface area contributed by atoms with Crippen LogP contribution in [0.2, 0.25) is 0 Å². The van der Waals surface area contributed by atoms with Crippen LogP contribution in [0, 0.1) is 10.5 Å². The SMILES string of the molecule is CCOc1cc(/C=C2\C(=O)NC(=S)N(c3ccc(CC)cc3)C2=O)cc(I)c1OCc1cccc(C)c1. The predicted molar refractivity (Wildman–Crippen MR) is 158 cm³/mol. The van der Waals surface area contributed by atoms with Crippen molar-refractivity contribution in [1.82, 2.24) is 5.32 Å². The van der Waals surface area contributed by atoms with E-state index in [1.165, 1.54) is 4.90 Å². The second kappa shape index (κ2) is 11.9. The highest BCUT2D eigenvalue weighted by molar-refractivity contribution is 14.1. The number of nitrogens with one attached hydrogen (secondary N) is 1. The maximum atomic E-state index is 13.4. The van der Waals surface area contributed by atoms with E-state index in [4.69, 9.17) is 21.7 Å². The molecule has 1 N–H and O–H groups in total. The lowest BCUT2D eigenvalue weighted by molar-refractivity contribution is -0.122. The number of halogens is 1. The quantitative estimate of drug-likeness (QED) is 0.145. The first-order valence-electron chi connectivity index (χ1n) is 12.0. The molecule has 3 aromatic rings. The summed E-state index contributed by atoms with van der Waals surface area (Å²) in [5.41, 5.74) is 4.58. The highest BCUT2D eigenvalue weighted by atomic mass is 127. The topological polar surface area (TPSA) is 67.9 Å². The minimum atomic E-state index is -0.538. The monoisotopic (exact) mass is 626 g/mol. The van der Waals surface area contributed by atoms with Gasteiger partial charge in [-0.3, -0.25) is 19.8 Å². The predicted octanol–water partition coefficient (Wildman–Crippen LogP) is 5.97. The van der Waals surface area contributed by atoms with Gasteiger partial charge in [0.15, 0.2) is 16.6 Å². The number of hydrogen-bond acceptors (Lipinski definition) is 5. The molecule has 1 aliphatic heterocycles. The van der Waals surface area contributed by atoms with E-state index in [9.17, 15) is 9.59 Å². The lowest BCUT2D eigenvalue weighted by Gasteiger charge is -2.29. The molecule has 1 fully saturated rings. The van der Waals surface area contributed by atoms with Crippen LogP contribution in [0.15, 0.2) is 66.2 Å². The van der Waals surface area contributed by atoms with E-state index in [0.717, 1.165) is 26.7 Å². The fourth-order valence-electron chi connectivity index (χ4n) is 3.97. The van der Waals surface area contributed by atoms with Crippen LogP contribution >= 0.6 is 34.8 Å². The van der Waals surface area contributed by atoms with Crippen LogP contribution in [-0.4, -0.2) is 23.5 Å². The average Bonchev–Trinajstić information content (AvgIpc) is 2.86. The van der Waals surface area contributed by atoms with E-state index in [-0.39, 0.29) is 10.7 Å². The van der Waals surface area contributed by atoms with Crippen LogP contribution < -0.4 is 19.7 Å². The van der Waals surface area contributed by atoms with Gasteiger partial charge in [0, 0.05) is 0 Å². The minimum absolute atomic E-state index is 0.0140. The van der Waals surface area contributed by atoms with Crippen molar-refractivity contribution < 1.29 is 19.1 Å². The van der Waals surface area contributed by atoms with Gasteiger partial charge in [-0.25, -0.2) is 0 Å². The van der Waals surface area contributed by atoms with Crippen molar-refractivity contribution in [2.75, 3.05) is 11.5 Å². The zero-order valence-corrected chi connectivity index (χ0v) is 23.8. The third-order valence-corrected chi connectivity index (χ3v) is 6.90. The molecule has 3 aromatic carbocycles. The number of nitrogens with zero attached hydrogens (tertiary/aromatic N) is 1. The van der Waals surface area contributed by atoms with E-state index in [0.29, 0.717) is 36.0 Å². The van der Waals surface area contributed by atoms with Gasteiger partial charge in [-0.2, -0.15) is 0 Å². The summed E-state index contributed by atoms with van der Waals surface area (Å²) in [5, 5.41) is 2.69. The molecule has 0 spiro atoms. The second-order valence-electron chi connectivity index (χ2n) is 8.52. The van der Waals surface area contributed by atoms with Crippen molar-refractivity contribution in [2.45, 2.75) is 33.8 Å². The second-order valence-corrected chi connectivity index (χ2v) is 10.1. The van der Waals surface area contributed by atoms with Crippen LogP contribution in [-0.2, 0) is 22.6 Å². The molecule has 8 heteroatoms. The normalized spacial score (nSPS) is 14.6. The maximum absolute atomic E-state index is 13.4. The number of rotatable bonds is 8. The van der Waals surface area contributed by atoms with Gasteiger partial charge in [-0.15, -0.1) is 0 Å². The summed E-state index contributed by atoms with van der Waals surface area (Å²) in [4.78, 5) is 27.5.